The largest absolute Gasteiger partial charge is 0.366 e. The lowest BCUT2D eigenvalue weighted by atomic mass is 9.99. The Labute approximate surface area is 157 Å². The Kier molecular flexibility index (Phi) is 5.18. The normalized spacial score (nSPS) is 20.4. The van der Waals surface area contributed by atoms with Crippen LogP contribution >= 0.6 is 0 Å². The minimum Gasteiger partial charge on any atom is -0.366 e. The molecular weight excluding hydrogens is 350 g/mol. The maximum Gasteiger partial charge on any atom is 0.253 e. The number of nitrogens with zero attached hydrogens (tertiary/aromatic N) is 2. The zero-order valence-electron chi connectivity index (χ0n) is 15.0. The van der Waals surface area contributed by atoms with Crippen molar-refractivity contribution in [1.29, 1.82) is 0 Å². The quantitative estimate of drug-likeness (QED) is 0.831. The van der Waals surface area contributed by atoms with Gasteiger partial charge in [0.15, 0.2) is 0 Å². The van der Waals surface area contributed by atoms with Crippen LogP contribution in [0.5, 0.6) is 0 Å². The number of hydrogen-bond donors (Lipinski definition) is 0. The number of ether oxygens (including phenoxy) is 1. The van der Waals surface area contributed by atoms with E-state index in [4.69, 9.17) is 4.74 Å². The zero-order valence-corrected chi connectivity index (χ0v) is 15.0. The Balaban J connectivity index is 1.40. The van der Waals surface area contributed by atoms with Crippen molar-refractivity contribution in [3.05, 3.63) is 70.8 Å². The Bertz CT molecular complexity index is 822. The lowest BCUT2D eigenvalue weighted by Gasteiger charge is -2.36. The van der Waals surface area contributed by atoms with E-state index in [1.165, 1.54) is 23.3 Å². The Morgan fingerprint density at radius 3 is 2.59 bits per heavy atom. The van der Waals surface area contributed by atoms with Crippen LogP contribution in [0.1, 0.15) is 16.7 Å². The summed E-state index contributed by atoms with van der Waals surface area (Å²) in [5.74, 6) is -1.18. The Morgan fingerprint density at radius 2 is 1.81 bits per heavy atom. The molecule has 0 radical (unpaired) electrons. The number of benzene rings is 2. The van der Waals surface area contributed by atoms with Gasteiger partial charge in [-0.2, -0.15) is 0 Å². The third-order valence-corrected chi connectivity index (χ3v) is 5.20. The Morgan fingerprint density at radius 1 is 1.07 bits per heavy atom. The summed E-state index contributed by atoms with van der Waals surface area (Å²) in [6.07, 6.45) is 0.309. The van der Waals surface area contributed by atoms with Crippen molar-refractivity contribution in [1.82, 2.24) is 9.80 Å². The number of amides is 1. The van der Waals surface area contributed by atoms with Gasteiger partial charge < -0.3 is 9.64 Å². The smallest absolute Gasteiger partial charge is 0.253 e. The Hall–Kier alpha value is -2.31. The highest BCUT2D eigenvalue weighted by Crippen LogP contribution is 2.21. The number of hydrogen-bond acceptors (Lipinski definition) is 3. The van der Waals surface area contributed by atoms with Gasteiger partial charge in [-0.15, -0.1) is 0 Å². The van der Waals surface area contributed by atoms with Gasteiger partial charge in [0.05, 0.1) is 6.61 Å². The second-order valence-electron chi connectivity index (χ2n) is 7.15. The summed E-state index contributed by atoms with van der Waals surface area (Å²) in [6.45, 7) is 3.16. The summed E-state index contributed by atoms with van der Waals surface area (Å²) in [6, 6.07) is 11.7. The lowest BCUT2D eigenvalue weighted by Crippen LogP contribution is -2.51. The first-order valence-electron chi connectivity index (χ1n) is 9.23. The number of carbonyl (C=O) groups excluding carboxylic acids is 1. The molecule has 0 aromatic heterocycles. The molecule has 1 saturated heterocycles. The van der Waals surface area contributed by atoms with Gasteiger partial charge in [0.25, 0.3) is 5.91 Å². The van der Waals surface area contributed by atoms with Crippen molar-refractivity contribution in [2.75, 3.05) is 26.2 Å². The fraction of sp³-hybridized carbons (Fsp3) is 0.381. The topological polar surface area (TPSA) is 32.8 Å². The predicted molar refractivity (Wildman–Crippen MR) is 96.9 cm³/mol. The van der Waals surface area contributed by atoms with Crippen LogP contribution in [0.15, 0.2) is 42.5 Å². The molecule has 1 unspecified atom stereocenters. The van der Waals surface area contributed by atoms with Crippen molar-refractivity contribution in [2.45, 2.75) is 25.6 Å². The van der Waals surface area contributed by atoms with Gasteiger partial charge in [-0.1, -0.05) is 24.3 Å². The van der Waals surface area contributed by atoms with Crippen LogP contribution in [0.3, 0.4) is 0 Å². The molecule has 1 fully saturated rings. The molecule has 4 rings (SSSR count). The average molecular weight is 372 g/mol. The van der Waals surface area contributed by atoms with Crippen LogP contribution in [0.4, 0.5) is 8.78 Å². The zero-order chi connectivity index (χ0) is 18.8. The van der Waals surface area contributed by atoms with Gasteiger partial charge >= 0.3 is 0 Å². The first-order chi connectivity index (χ1) is 13.1. The number of fused-ring (bicyclic) bond motifs is 1. The fourth-order valence-corrected chi connectivity index (χ4v) is 3.84. The minimum atomic E-state index is -0.585. The molecule has 0 bridgehead atoms. The van der Waals surface area contributed by atoms with Gasteiger partial charge in [0.1, 0.15) is 17.7 Å². The van der Waals surface area contributed by atoms with Crippen molar-refractivity contribution in [3.8, 4) is 0 Å². The van der Waals surface area contributed by atoms with Crippen molar-refractivity contribution >= 4 is 5.91 Å². The molecule has 0 spiro atoms. The molecule has 142 valence electrons. The van der Waals surface area contributed by atoms with Gasteiger partial charge in [-0.05, 0) is 35.2 Å². The van der Waals surface area contributed by atoms with E-state index in [1.807, 2.05) is 21.9 Å². The summed E-state index contributed by atoms with van der Waals surface area (Å²) in [4.78, 5) is 16.8. The van der Waals surface area contributed by atoms with Crippen LogP contribution in [-0.2, 0) is 29.0 Å². The monoisotopic (exact) mass is 372 g/mol. The first-order valence-corrected chi connectivity index (χ1v) is 9.23. The molecule has 1 amide bonds. The fourth-order valence-electron chi connectivity index (χ4n) is 3.84. The van der Waals surface area contributed by atoms with E-state index in [1.54, 1.807) is 0 Å². The molecule has 0 saturated carbocycles. The number of rotatable bonds is 3. The number of morpholine rings is 1. The van der Waals surface area contributed by atoms with Gasteiger partial charge in [-0.25, -0.2) is 8.78 Å². The van der Waals surface area contributed by atoms with Gasteiger partial charge in [-0.3, -0.25) is 9.69 Å². The minimum absolute atomic E-state index is 0.0142. The second kappa shape index (κ2) is 7.74. The van der Waals surface area contributed by atoms with Crippen LogP contribution < -0.4 is 0 Å². The molecule has 2 aliphatic heterocycles. The second-order valence-corrected chi connectivity index (χ2v) is 7.15. The summed E-state index contributed by atoms with van der Waals surface area (Å²) in [5, 5.41) is 0. The maximum atomic E-state index is 13.4. The van der Waals surface area contributed by atoms with Gasteiger partial charge in [0.2, 0.25) is 0 Å². The highest BCUT2D eigenvalue weighted by molar-refractivity contribution is 5.81. The van der Waals surface area contributed by atoms with E-state index in [0.717, 1.165) is 12.5 Å². The van der Waals surface area contributed by atoms with Crippen LogP contribution in [0, 0.1) is 11.6 Å². The summed E-state index contributed by atoms with van der Waals surface area (Å²) < 4.78 is 32.5. The van der Waals surface area contributed by atoms with E-state index in [0.29, 0.717) is 44.9 Å². The molecule has 2 aliphatic rings. The molecule has 6 heteroatoms. The van der Waals surface area contributed by atoms with Crippen molar-refractivity contribution < 1.29 is 18.3 Å². The first kappa shape index (κ1) is 18.1. The highest BCUT2D eigenvalue weighted by Gasteiger charge is 2.31. The third kappa shape index (κ3) is 4.17. The van der Waals surface area contributed by atoms with Crippen molar-refractivity contribution in [2.24, 2.45) is 0 Å². The standard InChI is InChI=1S/C21H22F2N2O2/c22-18-9-15(10-19(23)11-18)12-24-7-8-27-20(14-24)21(26)25-6-5-16-3-1-2-4-17(16)13-25/h1-4,9-11,20H,5-8,12-14H2. The lowest BCUT2D eigenvalue weighted by molar-refractivity contribution is -0.150. The average Bonchev–Trinajstić information content (AvgIpc) is 2.66. The van der Waals surface area contributed by atoms with Crippen LogP contribution in [0.25, 0.3) is 0 Å². The molecule has 4 nitrogen and oxygen atoms in total. The maximum absolute atomic E-state index is 13.4. The van der Waals surface area contributed by atoms with E-state index >= 15 is 0 Å². The summed E-state index contributed by atoms with van der Waals surface area (Å²) in [5.41, 5.74) is 3.04. The number of halogens is 2. The molecule has 0 N–H and O–H groups in total. The van der Waals surface area contributed by atoms with Gasteiger partial charge in [0, 0.05) is 38.8 Å². The van der Waals surface area contributed by atoms with Crippen molar-refractivity contribution in [3.63, 3.8) is 0 Å². The third-order valence-electron chi connectivity index (χ3n) is 5.20. The SMILES string of the molecule is O=C(C1CN(Cc2cc(F)cc(F)c2)CCO1)N1CCc2ccccc2C1. The molecule has 27 heavy (non-hydrogen) atoms. The molecule has 2 aromatic carbocycles. The predicted octanol–water partition coefficient (Wildman–Crippen LogP) is 2.75. The van der Waals surface area contributed by atoms with E-state index in [2.05, 4.69) is 12.1 Å². The molecule has 0 aliphatic carbocycles. The number of carbonyl (C=O) groups is 1. The van der Waals surface area contributed by atoms with E-state index in [-0.39, 0.29) is 5.91 Å². The highest BCUT2D eigenvalue weighted by atomic mass is 19.1. The molecule has 2 aromatic rings. The summed E-state index contributed by atoms with van der Waals surface area (Å²) >= 11 is 0. The van der Waals surface area contributed by atoms with E-state index in [9.17, 15) is 13.6 Å². The summed E-state index contributed by atoms with van der Waals surface area (Å²) in [7, 11) is 0. The van der Waals surface area contributed by atoms with E-state index < -0.39 is 17.7 Å². The molecular formula is C21H22F2N2O2. The van der Waals surface area contributed by atoms with Crippen LogP contribution in [-0.4, -0.2) is 48.1 Å². The molecule has 2 heterocycles. The molecule has 1 atom stereocenters. The van der Waals surface area contributed by atoms with Crippen LogP contribution in [0.2, 0.25) is 0 Å².